The van der Waals surface area contributed by atoms with Crippen molar-refractivity contribution in [2.45, 2.75) is 20.8 Å². The van der Waals surface area contributed by atoms with E-state index in [9.17, 15) is 14.0 Å². The molecule has 0 aliphatic heterocycles. The Hall–Kier alpha value is -3.10. The lowest BCUT2D eigenvalue weighted by Crippen LogP contribution is -2.34. The second kappa shape index (κ2) is 11.0. The zero-order valence-electron chi connectivity index (χ0n) is 18.4. The number of amides is 2. The molecule has 6 nitrogen and oxygen atoms in total. The van der Waals surface area contributed by atoms with Crippen LogP contribution in [0, 0.1) is 12.7 Å². The minimum Gasteiger partial charge on any atom is -0.351 e. The maximum Gasteiger partial charge on any atom is 0.267 e. The molecule has 0 bridgehead atoms. The molecule has 0 spiro atoms. The fraction of sp³-hybridized carbons (Fsp3) is 0.292. The van der Waals surface area contributed by atoms with E-state index < -0.39 is 0 Å². The summed E-state index contributed by atoms with van der Waals surface area (Å²) in [6.45, 7) is 9.24. The van der Waals surface area contributed by atoms with Crippen LogP contribution >= 0.6 is 11.3 Å². The molecule has 2 amide bonds. The summed E-state index contributed by atoms with van der Waals surface area (Å²) in [7, 11) is 0. The predicted octanol–water partition coefficient (Wildman–Crippen LogP) is 4.58. The van der Waals surface area contributed by atoms with Gasteiger partial charge in [0.05, 0.1) is 5.69 Å². The van der Waals surface area contributed by atoms with Crippen molar-refractivity contribution < 1.29 is 14.0 Å². The Kier molecular flexibility index (Phi) is 8.08. The van der Waals surface area contributed by atoms with E-state index in [1.54, 1.807) is 43.3 Å². The number of benzene rings is 2. The monoisotopic (exact) mass is 454 g/mol. The van der Waals surface area contributed by atoms with Crippen molar-refractivity contribution in [2.75, 3.05) is 31.5 Å². The SMILES string of the molecule is CCN(CC)CCNC(=O)c1ccc(NC(=O)c2sc(-c3ccc(F)cc3)nc2C)cc1. The van der Waals surface area contributed by atoms with Gasteiger partial charge in [0.25, 0.3) is 11.8 Å². The normalized spacial score (nSPS) is 10.9. The molecule has 0 aliphatic rings. The van der Waals surface area contributed by atoms with Crippen LogP contribution in [0.15, 0.2) is 48.5 Å². The highest BCUT2D eigenvalue weighted by Crippen LogP contribution is 2.28. The number of hydrogen-bond acceptors (Lipinski definition) is 5. The maximum absolute atomic E-state index is 13.2. The molecule has 0 atom stereocenters. The van der Waals surface area contributed by atoms with Crippen LogP contribution in [-0.2, 0) is 0 Å². The average molecular weight is 455 g/mol. The summed E-state index contributed by atoms with van der Waals surface area (Å²) in [5.41, 5.74) is 2.49. The Morgan fingerprint density at radius 3 is 2.28 bits per heavy atom. The summed E-state index contributed by atoms with van der Waals surface area (Å²) >= 11 is 1.26. The first-order chi connectivity index (χ1) is 15.4. The molecule has 0 saturated carbocycles. The van der Waals surface area contributed by atoms with Crippen LogP contribution in [0.25, 0.3) is 10.6 Å². The van der Waals surface area contributed by atoms with Crippen LogP contribution < -0.4 is 10.6 Å². The van der Waals surface area contributed by atoms with Crippen LogP contribution in [0.3, 0.4) is 0 Å². The van der Waals surface area contributed by atoms with Crippen LogP contribution in [0.5, 0.6) is 0 Å². The van der Waals surface area contributed by atoms with Gasteiger partial charge in [-0.2, -0.15) is 0 Å². The van der Waals surface area contributed by atoms with Gasteiger partial charge in [0.2, 0.25) is 0 Å². The molecule has 2 N–H and O–H groups in total. The van der Waals surface area contributed by atoms with E-state index in [0.717, 1.165) is 25.2 Å². The first kappa shape index (κ1) is 23.6. The maximum atomic E-state index is 13.2. The molecule has 3 aromatic rings. The summed E-state index contributed by atoms with van der Waals surface area (Å²) in [4.78, 5) is 32.2. The van der Waals surface area contributed by atoms with Gasteiger partial charge < -0.3 is 15.5 Å². The molecule has 0 fully saturated rings. The minimum atomic E-state index is -0.319. The first-order valence-corrected chi connectivity index (χ1v) is 11.4. The van der Waals surface area contributed by atoms with Crippen LogP contribution in [0.1, 0.15) is 39.6 Å². The number of anilines is 1. The van der Waals surface area contributed by atoms with Crippen molar-refractivity contribution in [1.82, 2.24) is 15.2 Å². The third-order valence-electron chi connectivity index (χ3n) is 5.11. The van der Waals surface area contributed by atoms with E-state index in [-0.39, 0.29) is 17.6 Å². The molecule has 1 aromatic heterocycles. The molecule has 1 heterocycles. The van der Waals surface area contributed by atoms with Gasteiger partial charge in [0, 0.05) is 29.9 Å². The average Bonchev–Trinajstić information content (AvgIpc) is 3.19. The second-order valence-electron chi connectivity index (χ2n) is 7.25. The van der Waals surface area contributed by atoms with Gasteiger partial charge in [-0.15, -0.1) is 11.3 Å². The van der Waals surface area contributed by atoms with Crippen molar-refractivity contribution in [3.63, 3.8) is 0 Å². The lowest BCUT2D eigenvalue weighted by molar-refractivity contribution is 0.0948. The fourth-order valence-corrected chi connectivity index (χ4v) is 4.15. The molecule has 3 rings (SSSR count). The molecule has 168 valence electrons. The summed E-state index contributed by atoms with van der Waals surface area (Å²) in [5.74, 6) is -0.733. The summed E-state index contributed by atoms with van der Waals surface area (Å²) < 4.78 is 13.2. The second-order valence-corrected chi connectivity index (χ2v) is 8.25. The van der Waals surface area contributed by atoms with Crippen LogP contribution in [0.2, 0.25) is 0 Å². The van der Waals surface area contributed by atoms with E-state index in [1.165, 1.54) is 23.5 Å². The third kappa shape index (κ3) is 5.99. The van der Waals surface area contributed by atoms with Crippen molar-refractivity contribution in [3.05, 3.63) is 70.5 Å². The van der Waals surface area contributed by atoms with Crippen LogP contribution in [0.4, 0.5) is 10.1 Å². The number of carbonyl (C=O) groups is 2. The number of rotatable bonds is 9. The quantitative estimate of drug-likeness (QED) is 0.496. The lowest BCUT2D eigenvalue weighted by Gasteiger charge is -2.17. The number of thiazole rings is 1. The van der Waals surface area contributed by atoms with Crippen molar-refractivity contribution in [1.29, 1.82) is 0 Å². The smallest absolute Gasteiger partial charge is 0.267 e. The van der Waals surface area contributed by atoms with E-state index in [2.05, 4.69) is 34.4 Å². The van der Waals surface area contributed by atoms with Crippen molar-refractivity contribution in [2.24, 2.45) is 0 Å². The molecular formula is C24H27FN4O2S. The highest BCUT2D eigenvalue weighted by atomic mass is 32.1. The molecule has 0 saturated heterocycles. The van der Waals surface area contributed by atoms with Gasteiger partial charge in [-0.1, -0.05) is 13.8 Å². The Labute approximate surface area is 191 Å². The molecule has 2 aromatic carbocycles. The van der Waals surface area contributed by atoms with Gasteiger partial charge in [-0.05, 0) is 68.5 Å². The predicted molar refractivity (Wildman–Crippen MR) is 127 cm³/mol. The number of carbonyl (C=O) groups excluding carboxylic acids is 2. The van der Waals surface area contributed by atoms with E-state index in [1.807, 2.05) is 0 Å². The number of hydrogen-bond donors (Lipinski definition) is 2. The lowest BCUT2D eigenvalue weighted by atomic mass is 10.2. The Balaban J connectivity index is 1.60. The number of nitrogens with one attached hydrogen (secondary N) is 2. The van der Waals surface area contributed by atoms with E-state index in [4.69, 9.17) is 0 Å². The van der Waals surface area contributed by atoms with Crippen LogP contribution in [-0.4, -0.2) is 47.9 Å². The number of aromatic nitrogens is 1. The highest BCUT2D eigenvalue weighted by molar-refractivity contribution is 7.17. The Bertz CT molecular complexity index is 1060. The van der Waals surface area contributed by atoms with E-state index >= 15 is 0 Å². The fourth-order valence-electron chi connectivity index (χ4n) is 3.19. The number of halogens is 1. The van der Waals surface area contributed by atoms with Gasteiger partial charge in [0.1, 0.15) is 15.7 Å². The van der Waals surface area contributed by atoms with Crippen molar-refractivity contribution in [3.8, 4) is 10.6 Å². The summed E-state index contributed by atoms with van der Waals surface area (Å²) in [6.07, 6.45) is 0. The summed E-state index contributed by atoms with van der Waals surface area (Å²) in [6, 6.07) is 12.8. The highest BCUT2D eigenvalue weighted by Gasteiger charge is 2.17. The first-order valence-electron chi connectivity index (χ1n) is 10.6. The molecule has 0 unspecified atom stereocenters. The van der Waals surface area contributed by atoms with E-state index in [0.29, 0.717) is 33.4 Å². The molecule has 0 radical (unpaired) electrons. The zero-order valence-corrected chi connectivity index (χ0v) is 19.3. The summed E-state index contributed by atoms with van der Waals surface area (Å²) in [5, 5.41) is 6.42. The van der Waals surface area contributed by atoms with Crippen molar-refractivity contribution >= 4 is 28.8 Å². The standard InChI is InChI=1S/C24H27FN4O2S/c1-4-29(5-2)15-14-26-22(30)17-8-12-20(13-9-17)28-23(31)21-16(3)27-24(32-21)18-6-10-19(25)11-7-18/h6-13H,4-5,14-15H2,1-3H3,(H,26,30)(H,28,31). The molecular weight excluding hydrogens is 427 g/mol. The zero-order chi connectivity index (χ0) is 23.1. The largest absolute Gasteiger partial charge is 0.351 e. The number of likely N-dealkylation sites (N-methyl/N-ethyl adjacent to an activating group) is 1. The molecule has 8 heteroatoms. The third-order valence-corrected chi connectivity index (χ3v) is 6.31. The number of aryl methyl sites for hydroxylation is 1. The Morgan fingerprint density at radius 2 is 1.66 bits per heavy atom. The molecule has 32 heavy (non-hydrogen) atoms. The van der Waals surface area contributed by atoms with Gasteiger partial charge in [0.15, 0.2) is 0 Å². The van der Waals surface area contributed by atoms with Gasteiger partial charge >= 0.3 is 0 Å². The molecule has 0 aliphatic carbocycles. The van der Waals surface area contributed by atoms with Gasteiger partial charge in [-0.3, -0.25) is 9.59 Å². The minimum absolute atomic E-state index is 0.141. The topological polar surface area (TPSA) is 74.3 Å². The Morgan fingerprint density at radius 1 is 1.00 bits per heavy atom. The number of nitrogens with zero attached hydrogens (tertiary/aromatic N) is 2. The van der Waals surface area contributed by atoms with Gasteiger partial charge in [-0.25, -0.2) is 9.37 Å².